The Labute approximate surface area is 162 Å². The van der Waals surface area contributed by atoms with Gasteiger partial charge in [-0.15, -0.1) is 0 Å². The molecule has 0 saturated carbocycles. The molecule has 2 aliphatic rings. The van der Waals surface area contributed by atoms with E-state index in [1.807, 2.05) is 0 Å². The van der Waals surface area contributed by atoms with Crippen LogP contribution in [0.5, 0.6) is 0 Å². The van der Waals surface area contributed by atoms with Gasteiger partial charge in [0.1, 0.15) is 0 Å². The van der Waals surface area contributed by atoms with Gasteiger partial charge in [-0.3, -0.25) is 9.69 Å². The fourth-order valence-corrected chi connectivity index (χ4v) is 4.38. The average Bonchev–Trinajstić information content (AvgIpc) is 2.88. The summed E-state index contributed by atoms with van der Waals surface area (Å²) >= 11 is 0. The van der Waals surface area contributed by atoms with Gasteiger partial charge in [0, 0.05) is 45.5 Å². The summed E-state index contributed by atoms with van der Waals surface area (Å²) in [5, 5.41) is 0. The van der Waals surface area contributed by atoms with Crippen LogP contribution in [0.3, 0.4) is 0 Å². The molecule has 2 aliphatic heterocycles. The van der Waals surface area contributed by atoms with E-state index < -0.39 is 0 Å². The molecule has 1 amide bonds. The van der Waals surface area contributed by atoms with Gasteiger partial charge in [0.25, 0.3) is 0 Å². The van der Waals surface area contributed by atoms with Gasteiger partial charge in [0.15, 0.2) is 0 Å². The highest BCUT2D eigenvalue weighted by atomic mass is 16.2. The van der Waals surface area contributed by atoms with Gasteiger partial charge in [-0.25, -0.2) is 0 Å². The number of piperidine rings is 1. The van der Waals surface area contributed by atoms with Crippen LogP contribution in [-0.4, -0.2) is 48.9 Å². The number of fused-ring (bicyclic) bond motifs is 1. The summed E-state index contributed by atoms with van der Waals surface area (Å²) in [6.45, 7) is 5.33. The van der Waals surface area contributed by atoms with Crippen molar-refractivity contribution in [3.8, 4) is 0 Å². The first-order valence-electron chi connectivity index (χ1n) is 10.0. The fraction of sp³-hybridized carbons (Fsp3) is 0.435. The molecule has 2 aromatic carbocycles. The van der Waals surface area contributed by atoms with Crippen molar-refractivity contribution in [3.63, 3.8) is 0 Å². The van der Waals surface area contributed by atoms with Gasteiger partial charge in [-0.05, 0) is 36.6 Å². The lowest BCUT2D eigenvalue weighted by Gasteiger charge is -2.34. The van der Waals surface area contributed by atoms with E-state index >= 15 is 0 Å². The minimum absolute atomic E-state index is 0.123. The molecule has 27 heavy (non-hydrogen) atoms. The van der Waals surface area contributed by atoms with Crippen molar-refractivity contribution < 1.29 is 4.79 Å². The normalized spacial score (nSPS) is 20.9. The van der Waals surface area contributed by atoms with E-state index in [-0.39, 0.29) is 5.92 Å². The maximum Gasteiger partial charge on any atom is 0.227 e. The van der Waals surface area contributed by atoms with Crippen molar-refractivity contribution in [1.82, 2.24) is 9.80 Å². The number of hydrogen-bond donors (Lipinski definition) is 0. The number of likely N-dealkylation sites (tertiary alicyclic amines) is 1. The van der Waals surface area contributed by atoms with Crippen LogP contribution in [0.15, 0.2) is 54.6 Å². The zero-order chi connectivity index (χ0) is 18.6. The van der Waals surface area contributed by atoms with Crippen molar-refractivity contribution in [3.05, 3.63) is 65.7 Å². The Hall–Kier alpha value is -2.33. The first kappa shape index (κ1) is 18.1. The number of carbonyl (C=O) groups is 1. The number of hydrogen-bond acceptors (Lipinski definition) is 3. The second-order valence-electron chi connectivity index (χ2n) is 7.87. The van der Waals surface area contributed by atoms with Gasteiger partial charge in [-0.1, -0.05) is 48.5 Å². The van der Waals surface area contributed by atoms with Crippen molar-refractivity contribution in [2.24, 2.45) is 5.92 Å². The highest BCUT2D eigenvalue weighted by molar-refractivity contribution is 5.79. The summed E-state index contributed by atoms with van der Waals surface area (Å²) < 4.78 is 0. The van der Waals surface area contributed by atoms with E-state index in [9.17, 15) is 4.79 Å². The molecule has 0 aliphatic carbocycles. The molecule has 142 valence electrons. The predicted octanol–water partition coefficient (Wildman–Crippen LogP) is 3.38. The van der Waals surface area contributed by atoms with Gasteiger partial charge in [0.05, 0.1) is 5.92 Å². The summed E-state index contributed by atoms with van der Waals surface area (Å²) in [6, 6.07) is 19.0. The van der Waals surface area contributed by atoms with E-state index in [0.29, 0.717) is 5.91 Å². The second-order valence-corrected chi connectivity index (χ2v) is 7.87. The average molecular weight is 364 g/mol. The smallest absolute Gasteiger partial charge is 0.227 e. The lowest BCUT2D eigenvalue weighted by atomic mass is 9.95. The van der Waals surface area contributed by atoms with Crippen molar-refractivity contribution >= 4 is 11.6 Å². The predicted molar refractivity (Wildman–Crippen MR) is 110 cm³/mol. The number of anilines is 1. The van der Waals surface area contributed by atoms with Crippen LogP contribution in [0.1, 0.15) is 24.0 Å². The lowest BCUT2D eigenvalue weighted by molar-refractivity contribution is -0.137. The molecule has 0 spiro atoms. The Morgan fingerprint density at radius 1 is 1.00 bits per heavy atom. The maximum atomic E-state index is 13.3. The number of amides is 1. The molecule has 2 heterocycles. The lowest BCUT2D eigenvalue weighted by Crippen LogP contribution is -2.45. The molecule has 0 radical (unpaired) electrons. The summed E-state index contributed by atoms with van der Waals surface area (Å²) in [4.78, 5) is 20.1. The van der Waals surface area contributed by atoms with Crippen LogP contribution in [0.4, 0.5) is 5.69 Å². The Balaban J connectivity index is 1.43. The van der Waals surface area contributed by atoms with E-state index in [0.717, 1.165) is 52.1 Å². The molecule has 0 aromatic heterocycles. The Kier molecular flexibility index (Phi) is 5.44. The quantitative estimate of drug-likeness (QED) is 0.836. The molecular weight excluding hydrogens is 334 g/mol. The molecule has 0 bridgehead atoms. The number of para-hydroxylation sites is 1. The van der Waals surface area contributed by atoms with Crippen LogP contribution in [0.2, 0.25) is 0 Å². The molecule has 1 atom stereocenters. The number of benzene rings is 2. The first-order valence-corrected chi connectivity index (χ1v) is 10.0. The summed E-state index contributed by atoms with van der Waals surface area (Å²) in [6.07, 6.45) is 2.12. The maximum absolute atomic E-state index is 13.3. The SMILES string of the molecule is CN1CCN(C(=O)C2CCCN(Cc3ccccc3)C2)Cc2ccccc21. The third-order valence-electron chi connectivity index (χ3n) is 5.88. The minimum Gasteiger partial charge on any atom is -0.373 e. The molecule has 4 heteroatoms. The Bertz CT molecular complexity index is 776. The van der Waals surface area contributed by atoms with Gasteiger partial charge >= 0.3 is 0 Å². The summed E-state index contributed by atoms with van der Waals surface area (Å²) in [7, 11) is 2.12. The molecule has 2 aromatic rings. The van der Waals surface area contributed by atoms with E-state index in [1.165, 1.54) is 16.8 Å². The summed E-state index contributed by atoms with van der Waals surface area (Å²) in [5.41, 5.74) is 3.83. The van der Waals surface area contributed by atoms with E-state index in [4.69, 9.17) is 0 Å². The van der Waals surface area contributed by atoms with Crippen molar-refractivity contribution in [1.29, 1.82) is 0 Å². The number of likely N-dealkylation sites (N-methyl/N-ethyl adjacent to an activating group) is 1. The zero-order valence-corrected chi connectivity index (χ0v) is 16.2. The number of rotatable bonds is 3. The fourth-order valence-electron chi connectivity index (χ4n) is 4.38. The molecule has 0 N–H and O–H groups in total. The zero-order valence-electron chi connectivity index (χ0n) is 16.2. The highest BCUT2D eigenvalue weighted by Gasteiger charge is 2.30. The van der Waals surface area contributed by atoms with Gasteiger partial charge < -0.3 is 9.80 Å². The molecule has 1 saturated heterocycles. The molecule has 1 fully saturated rings. The van der Waals surface area contributed by atoms with E-state index in [1.54, 1.807) is 0 Å². The molecular formula is C23H29N3O. The monoisotopic (exact) mass is 363 g/mol. The first-order chi connectivity index (χ1) is 13.2. The Morgan fingerprint density at radius 2 is 1.78 bits per heavy atom. The highest BCUT2D eigenvalue weighted by Crippen LogP contribution is 2.26. The second kappa shape index (κ2) is 8.13. The number of carbonyl (C=O) groups excluding carboxylic acids is 1. The number of nitrogens with zero attached hydrogens (tertiary/aromatic N) is 3. The van der Waals surface area contributed by atoms with Gasteiger partial charge in [-0.2, -0.15) is 0 Å². The largest absolute Gasteiger partial charge is 0.373 e. The van der Waals surface area contributed by atoms with Crippen LogP contribution in [-0.2, 0) is 17.9 Å². The van der Waals surface area contributed by atoms with Crippen LogP contribution in [0.25, 0.3) is 0 Å². The van der Waals surface area contributed by atoms with Crippen LogP contribution >= 0.6 is 0 Å². The topological polar surface area (TPSA) is 26.8 Å². The van der Waals surface area contributed by atoms with E-state index in [2.05, 4.69) is 76.3 Å². The standard InChI is InChI=1S/C23H29N3O/c1-24-14-15-26(18-20-10-5-6-12-22(20)24)23(27)21-11-7-13-25(17-21)16-19-8-3-2-4-9-19/h2-6,8-10,12,21H,7,11,13-18H2,1H3. The third kappa shape index (κ3) is 4.16. The van der Waals surface area contributed by atoms with Crippen molar-refractivity contribution in [2.75, 3.05) is 38.1 Å². The Morgan fingerprint density at radius 3 is 2.63 bits per heavy atom. The molecule has 4 rings (SSSR count). The molecule has 1 unspecified atom stereocenters. The summed E-state index contributed by atoms with van der Waals surface area (Å²) in [5.74, 6) is 0.455. The van der Waals surface area contributed by atoms with Crippen LogP contribution < -0.4 is 4.90 Å². The van der Waals surface area contributed by atoms with Gasteiger partial charge in [0.2, 0.25) is 5.91 Å². The van der Waals surface area contributed by atoms with Crippen molar-refractivity contribution in [2.45, 2.75) is 25.9 Å². The molecule has 4 nitrogen and oxygen atoms in total. The van der Waals surface area contributed by atoms with Crippen LogP contribution in [0, 0.1) is 5.92 Å². The third-order valence-corrected chi connectivity index (χ3v) is 5.88. The minimum atomic E-state index is 0.123.